The molecule has 2 atom stereocenters. The zero-order valence-electron chi connectivity index (χ0n) is 15.1. The molecular formula is C18H27N3O4S. The predicted octanol–water partition coefficient (Wildman–Crippen LogP) is 1.71. The predicted molar refractivity (Wildman–Crippen MR) is 98.3 cm³/mol. The van der Waals surface area contributed by atoms with E-state index in [-0.39, 0.29) is 29.1 Å². The van der Waals surface area contributed by atoms with Crippen molar-refractivity contribution in [2.75, 3.05) is 19.7 Å². The SMILES string of the molecule is C[C@H](NC(=O)N1CCC(NS(=O)(=O)c2ccccc2)CC1)[C@H]1CCCO1. The van der Waals surface area contributed by atoms with Crippen LogP contribution in [0.1, 0.15) is 32.6 Å². The summed E-state index contributed by atoms with van der Waals surface area (Å²) in [6, 6.07) is 8.09. The quantitative estimate of drug-likeness (QED) is 0.813. The molecule has 2 N–H and O–H groups in total. The fraction of sp³-hybridized carbons (Fsp3) is 0.611. The molecule has 2 fully saturated rings. The normalized spacial score (nSPS) is 23.0. The van der Waals surface area contributed by atoms with Crippen LogP contribution in [0, 0.1) is 0 Å². The summed E-state index contributed by atoms with van der Waals surface area (Å²) in [5, 5.41) is 3.00. The van der Waals surface area contributed by atoms with Gasteiger partial charge in [-0.05, 0) is 44.7 Å². The lowest BCUT2D eigenvalue weighted by Crippen LogP contribution is -2.52. The first kappa shape index (κ1) is 19.1. The average molecular weight is 381 g/mol. The van der Waals surface area contributed by atoms with E-state index in [1.807, 2.05) is 6.92 Å². The molecule has 0 radical (unpaired) electrons. The Balaban J connectivity index is 1.47. The molecule has 0 aromatic heterocycles. The highest BCUT2D eigenvalue weighted by molar-refractivity contribution is 7.89. The lowest BCUT2D eigenvalue weighted by atomic mass is 10.1. The number of amides is 2. The molecule has 0 unspecified atom stereocenters. The van der Waals surface area contributed by atoms with Crippen LogP contribution in [0.5, 0.6) is 0 Å². The summed E-state index contributed by atoms with van der Waals surface area (Å²) in [6.07, 6.45) is 3.32. The number of likely N-dealkylation sites (tertiary alicyclic amines) is 1. The number of benzene rings is 1. The van der Waals surface area contributed by atoms with Crippen LogP contribution in [0.4, 0.5) is 4.79 Å². The van der Waals surface area contributed by atoms with E-state index in [0.29, 0.717) is 25.9 Å². The number of hydrogen-bond acceptors (Lipinski definition) is 4. The van der Waals surface area contributed by atoms with Gasteiger partial charge in [-0.25, -0.2) is 17.9 Å². The summed E-state index contributed by atoms with van der Waals surface area (Å²) in [5.41, 5.74) is 0. The van der Waals surface area contributed by atoms with Gasteiger partial charge in [0, 0.05) is 25.7 Å². The van der Waals surface area contributed by atoms with E-state index in [4.69, 9.17) is 4.74 Å². The van der Waals surface area contributed by atoms with Gasteiger partial charge < -0.3 is 15.0 Å². The Bertz CT molecular complexity index is 696. The Labute approximate surface area is 155 Å². The van der Waals surface area contributed by atoms with E-state index in [2.05, 4.69) is 10.0 Å². The maximum atomic E-state index is 12.4. The smallest absolute Gasteiger partial charge is 0.317 e. The van der Waals surface area contributed by atoms with Gasteiger partial charge in [0.2, 0.25) is 10.0 Å². The molecule has 0 aliphatic carbocycles. The third-order valence-electron chi connectivity index (χ3n) is 5.03. The second-order valence-electron chi connectivity index (χ2n) is 6.99. The van der Waals surface area contributed by atoms with Gasteiger partial charge in [-0.1, -0.05) is 18.2 Å². The van der Waals surface area contributed by atoms with Crippen LogP contribution in [0.3, 0.4) is 0 Å². The molecule has 0 spiro atoms. The van der Waals surface area contributed by atoms with Crippen LogP contribution in [-0.2, 0) is 14.8 Å². The van der Waals surface area contributed by atoms with Crippen molar-refractivity contribution in [3.8, 4) is 0 Å². The van der Waals surface area contributed by atoms with E-state index < -0.39 is 10.0 Å². The summed E-state index contributed by atoms with van der Waals surface area (Å²) >= 11 is 0. The van der Waals surface area contributed by atoms with Crippen LogP contribution in [0.2, 0.25) is 0 Å². The lowest BCUT2D eigenvalue weighted by molar-refractivity contribution is 0.0824. The molecule has 2 heterocycles. The standard InChI is InChI=1S/C18H27N3O4S/c1-14(17-8-5-13-25-17)19-18(22)21-11-9-15(10-12-21)20-26(23,24)16-6-3-2-4-7-16/h2-4,6-7,14-15,17,20H,5,8-13H2,1H3,(H,19,22)/t14-,17+/m0/s1. The van der Waals surface area contributed by atoms with Gasteiger partial charge >= 0.3 is 6.03 Å². The molecule has 2 saturated heterocycles. The number of nitrogens with zero attached hydrogens (tertiary/aromatic N) is 1. The van der Waals surface area contributed by atoms with E-state index in [0.717, 1.165) is 19.4 Å². The van der Waals surface area contributed by atoms with Gasteiger partial charge in [0.15, 0.2) is 0 Å². The first-order valence-corrected chi connectivity index (χ1v) is 10.7. The summed E-state index contributed by atoms with van der Waals surface area (Å²) in [4.78, 5) is 14.4. The number of nitrogens with one attached hydrogen (secondary N) is 2. The summed E-state index contributed by atoms with van der Waals surface area (Å²) in [5.74, 6) is 0. The minimum atomic E-state index is -3.51. The lowest BCUT2D eigenvalue weighted by Gasteiger charge is -2.33. The fourth-order valence-electron chi connectivity index (χ4n) is 3.46. The summed E-state index contributed by atoms with van der Waals surface area (Å²) in [7, 11) is -3.51. The van der Waals surface area contributed by atoms with E-state index in [1.165, 1.54) is 0 Å². The van der Waals surface area contributed by atoms with Crippen molar-refractivity contribution in [1.82, 2.24) is 14.9 Å². The summed E-state index contributed by atoms with van der Waals surface area (Å²) < 4.78 is 33.1. The van der Waals surface area contributed by atoms with Crippen LogP contribution in [0.15, 0.2) is 35.2 Å². The van der Waals surface area contributed by atoms with Gasteiger partial charge in [-0.3, -0.25) is 0 Å². The molecule has 2 amide bonds. The van der Waals surface area contributed by atoms with Crippen LogP contribution in [-0.4, -0.2) is 57.2 Å². The highest BCUT2D eigenvalue weighted by Crippen LogP contribution is 2.17. The van der Waals surface area contributed by atoms with Gasteiger partial charge in [-0.15, -0.1) is 0 Å². The van der Waals surface area contributed by atoms with Crippen LogP contribution in [0.25, 0.3) is 0 Å². The maximum Gasteiger partial charge on any atom is 0.317 e. The second kappa shape index (κ2) is 8.37. The van der Waals surface area contributed by atoms with Crippen molar-refractivity contribution in [2.24, 2.45) is 0 Å². The fourth-order valence-corrected chi connectivity index (χ4v) is 4.79. The first-order valence-electron chi connectivity index (χ1n) is 9.20. The molecule has 2 aliphatic heterocycles. The Hall–Kier alpha value is -1.64. The van der Waals surface area contributed by atoms with Crippen LogP contribution >= 0.6 is 0 Å². The minimum Gasteiger partial charge on any atom is -0.376 e. The highest BCUT2D eigenvalue weighted by atomic mass is 32.2. The summed E-state index contributed by atoms with van der Waals surface area (Å²) in [6.45, 7) is 3.80. The van der Waals surface area contributed by atoms with Gasteiger partial charge in [-0.2, -0.15) is 0 Å². The number of carbonyl (C=O) groups excluding carboxylic acids is 1. The molecule has 144 valence electrons. The molecule has 7 nitrogen and oxygen atoms in total. The van der Waals surface area contributed by atoms with E-state index >= 15 is 0 Å². The van der Waals surface area contributed by atoms with Crippen molar-refractivity contribution in [3.63, 3.8) is 0 Å². The number of sulfonamides is 1. The van der Waals surface area contributed by atoms with E-state index in [1.54, 1.807) is 35.2 Å². The number of ether oxygens (including phenoxy) is 1. The molecule has 1 aromatic rings. The molecule has 0 bridgehead atoms. The van der Waals surface area contributed by atoms with Crippen molar-refractivity contribution < 1.29 is 17.9 Å². The third kappa shape index (κ3) is 4.75. The largest absolute Gasteiger partial charge is 0.376 e. The molecule has 0 saturated carbocycles. The Morgan fingerprint density at radius 3 is 2.50 bits per heavy atom. The monoisotopic (exact) mass is 381 g/mol. The second-order valence-corrected chi connectivity index (χ2v) is 8.70. The topological polar surface area (TPSA) is 87.7 Å². The van der Waals surface area contributed by atoms with Gasteiger partial charge in [0.1, 0.15) is 0 Å². The average Bonchev–Trinajstić information content (AvgIpc) is 3.17. The van der Waals surface area contributed by atoms with Crippen molar-refractivity contribution in [3.05, 3.63) is 30.3 Å². The first-order chi connectivity index (χ1) is 12.5. The van der Waals surface area contributed by atoms with Crippen molar-refractivity contribution in [2.45, 2.75) is 55.7 Å². The Kier molecular flexibility index (Phi) is 6.16. The number of piperidine rings is 1. The third-order valence-corrected chi connectivity index (χ3v) is 6.57. The Morgan fingerprint density at radius 1 is 1.19 bits per heavy atom. The molecule has 1 aromatic carbocycles. The molecule has 3 rings (SSSR count). The number of urea groups is 1. The molecule has 2 aliphatic rings. The molecular weight excluding hydrogens is 354 g/mol. The van der Waals surface area contributed by atoms with Crippen molar-refractivity contribution in [1.29, 1.82) is 0 Å². The maximum absolute atomic E-state index is 12.4. The van der Waals surface area contributed by atoms with Gasteiger partial charge in [0.05, 0.1) is 17.0 Å². The zero-order chi connectivity index (χ0) is 18.6. The van der Waals surface area contributed by atoms with Crippen LogP contribution < -0.4 is 10.0 Å². The number of hydrogen-bond donors (Lipinski definition) is 2. The highest BCUT2D eigenvalue weighted by Gasteiger charge is 2.29. The van der Waals surface area contributed by atoms with Gasteiger partial charge in [0.25, 0.3) is 0 Å². The van der Waals surface area contributed by atoms with E-state index in [9.17, 15) is 13.2 Å². The molecule has 26 heavy (non-hydrogen) atoms. The molecule has 8 heteroatoms. The number of carbonyl (C=O) groups is 1. The Morgan fingerprint density at radius 2 is 1.88 bits per heavy atom. The van der Waals surface area contributed by atoms with Crippen molar-refractivity contribution >= 4 is 16.1 Å². The number of rotatable bonds is 5. The zero-order valence-corrected chi connectivity index (χ0v) is 15.9. The minimum absolute atomic E-state index is 0.0145.